The van der Waals surface area contributed by atoms with Crippen molar-refractivity contribution in [2.24, 2.45) is 0 Å². The third-order valence-corrected chi connectivity index (χ3v) is 6.41. The SMILES string of the molecule is CC(NS(=O)(=O)c1ccc(Cl)c(Cl)c1)C(=O)OCc1cn2ccccc2c1C#N. The molecule has 0 aliphatic rings. The lowest BCUT2D eigenvalue weighted by Gasteiger charge is -2.14. The van der Waals surface area contributed by atoms with E-state index < -0.39 is 22.0 Å². The number of esters is 1. The Balaban J connectivity index is 1.70. The molecule has 0 spiro atoms. The van der Waals surface area contributed by atoms with Crippen LogP contribution in [0.3, 0.4) is 0 Å². The van der Waals surface area contributed by atoms with Crippen LogP contribution in [0.2, 0.25) is 10.0 Å². The molecule has 2 heterocycles. The molecular formula is C19H15Cl2N3O4S. The predicted molar refractivity (Wildman–Crippen MR) is 108 cm³/mol. The topological polar surface area (TPSA) is 101 Å². The summed E-state index contributed by atoms with van der Waals surface area (Å²) in [5.74, 6) is -0.784. The van der Waals surface area contributed by atoms with Gasteiger partial charge in [-0.25, -0.2) is 8.42 Å². The molecule has 3 aromatic rings. The van der Waals surface area contributed by atoms with Crippen LogP contribution >= 0.6 is 23.2 Å². The number of ether oxygens (including phenoxy) is 1. The molecule has 1 N–H and O–H groups in total. The number of aromatic nitrogens is 1. The monoisotopic (exact) mass is 451 g/mol. The fourth-order valence-electron chi connectivity index (χ4n) is 2.68. The molecule has 0 saturated heterocycles. The van der Waals surface area contributed by atoms with E-state index in [2.05, 4.69) is 10.8 Å². The van der Waals surface area contributed by atoms with Gasteiger partial charge in [0.2, 0.25) is 10.0 Å². The highest BCUT2D eigenvalue weighted by Gasteiger charge is 2.24. The summed E-state index contributed by atoms with van der Waals surface area (Å²) in [7, 11) is -4.01. The molecule has 0 amide bonds. The Morgan fingerprint density at radius 1 is 1.28 bits per heavy atom. The summed E-state index contributed by atoms with van der Waals surface area (Å²) in [6.45, 7) is 1.20. The van der Waals surface area contributed by atoms with E-state index in [1.165, 1.54) is 25.1 Å². The van der Waals surface area contributed by atoms with Crippen LogP contribution in [0.4, 0.5) is 0 Å². The van der Waals surface area contributed by atoms with Gasteiger partial charge in [-0.2, -0.15) is 9.98 Å². The van der Waals surface area contributed by atoms with E-state index in [-0.39, 0.29) is 21.5 Å². The maximum absolute atomic E-state index is 12.4. The molecule has 29 heavy (non-hydrogen) atoms. The van der Waals surface area contributed by atoms with E-state index in [0.29, 0.717) is 16.6 Å². The zero-order chi connectivity index (χ0) is 21.2. The van der Waals surface area contributed by atoms with Crippen LogP contribution in [-0.4, -0.2) is 24.8 Å². The van der Waals surface area contributed by atoms with Gasteiger partial charge >= 0.3 is 5.97 Å². The van der Waals surface area contributed by atoms with Crippen molar-refractivity contribution in [3.63, 3.8) is 0 Å². The maximum atomic E-state index is 12.4. The van der Waals surface area contributed by atoms with Crippen molar-refractivity contribution in [3.05, 3.63) is 70.0 Å². The second-order valence-corrected chi connectivity index (χ2v) is 8.69. The number of nitrogens with zero attached hydrogens (tertiary/aromatic N) is 2. The zero-order valence-electron chi connectivity index (χ0n) is 15.1. The Morgan fingerprint density at radius 3 is 2.72 bits per heavy atom. The minimum atomic E-state index is -4.01. The van der Waals surface area contributed by atoms with Crippen LogP contribution in [-0.2, 0) is 26.2 Å². The largest absolute Gasteiger partial charge is 0.460 e. The van der Waals surface area contributed by atoms with E-state index in [4.69, 9.17) is 27.9 Å². The Kier molecular flexibility index (Phi) is 6.15. The van der Waals surface area contributed by atoms with E-state index in [1.54, 1.807) is 28.9 Å². The molecule has 0 saturated carbocycles. The smallest absolute Gasteiger partial charge is 0.324 e. The van der Waals surface area contributed by atoms with Gasteiger partial charge in [-0.3, -0.25) is 4.79 Å². The normalized spacial score (nSPS) is 12.5. The molecule has 150 valence electrons. The van der Waals surface area contributed by atoms with E-state index in [1.807, 2.05) is 6.07 Å². The van der Waals surface area contributed by atoms with Crippen LogP contribution in [0, 0.1) is 11.3 Å². The Bertz CT molecular complexity index is 1230. The number of carbonyl (C=O) groups excluding carboxylic acids is 1. The Hall–Kier alpha value is -2.57. The van der Waals surface area contributed by atoms with Gasteiger partial charge in [0.05, 0.1) is 26.0 Å². The number of fused-ring (bicyclic) bond motifs is 1. The summed E-state index contributed by atoms with van der Waals surface area (Å²) < 4.78 is 34.1. The lowest BCUT2D eigenvalue weighted by Crippen LogP contribution is -2.39. The zero-order valence-corrected chi connectivity index (χ0v) is 17.4. The van der Waals surface area contributed by atoms with Gasteiger partial charge < -0.3 is 9.14 Å². The predicted octanol–water partition coefficient (Wildman–Crippen LogP) is 3.53. The first-order valence-corrected chi connectivity index (χ1v) is 10.6. The Morgan fingerprint density at radius 2 is 2.03 bits per heavy atom. The Labute approximate surface area is 177 Å². The average Bonchev–Trinajstić information content (AvgIpc) is 3.05. The number of carbonyl (C=O) groups is 1. The van der Waals surface area contributed by atoms with Crippen molar-refractivity contribution >= 4 is 44.7 Å². The van der Waals surface area contributed by atoms with Crippen molar-refractivity contribution in [1.82, 2.24) is 9.12 Å². The van der Waals surface area contributed by atoms with Gasteiger partial charge in [0.15, 0.2) is 0 Å². The third-order valence-electron chi connectivity index (χ3n) is 4.13. The number of benzene rings is 1. The third kappa shape index (κ3) is 4.54. The second kappa shape index (κ2) is 8.43. The van der Waals surface area contributed by atoms with Gasteiger partial charge in [0.25, 0.3) is 0 Å². The highest BCUT2D eigenvalue weighted by Crippen LogP contribution is 2.25. The molecule has 1 atom stereocenters. The van der Waals surface area contributed by atoms with Gasteiger partial charge in [-0.05, 0) is 37.3 Å². The van der Waals surface area contributed by atoms with Gasteiger partial charge in [0, 0.05) is 18.0 Å². The number of nitriles is 1. The first kappa shape index (κ1) is 21.1. The van der Waals surface area contributed by atoms with Crippen LogP contribution in [0.5, 0.6) is 0 Å². The van der Waals surface area contributed by atoms with Crippen LogP contribution in [0.1, 0.15) is 18.1 Å². The number of nitrogens with one attached hydrogen (secondary N) is 1. The molecule has 0 aliphatic heterocycles. The number of halogens is 2. The van der Waals surface area contributed by atoms with Gasteiger partial charge in [0.1, 0.15) is 18.7 Å². The number of sulfonamides is 1. The van der Waals surface area contributed by atoms with Crippen molar-refractivity contribution in [1.29, 1.82) is 5.26 Å². The first-order valence-electron chi connectivity index (χ1n) is 8.35. The molecule has 0 fully saturated rings. The minimum absolute atomic E-state index is 0.0783. The number of hydrogen-bond acceptors (Lipinski definition) is 5. The molecule has 7 nitrogen and oxygen atoms in total. The molecule has 3 rings (SSSR count). The van der Waals surface area contributed by atoms with E-state index >= 15 is 0 Å². The minimum Gasteiger partial charge on any atom is -0.460 e. The maximum Gasteiger partial charge on any atom is 0.324 e. The quantitative estimate of drug-likeness (QED) is 0.577. The standard InChI is InChI=1S/C19H15Cl2N3O4S/c1-12(23-29(26,27)14-5-6-16(20)17(21)8-14)19(25)28-11-13-10-24-7-3-2-4-18(24)15(13)9-22/h2-8,10,12,23H,11H2,1H3. The second-order valence-electron chi connectivity index (χ2n) is 6.16. The lowest BCUT2D eigenvalue weighted by molar-refractivity contribution is -0.146. The van der Waals surface area contributed by atoms with Crippen molar-refractivity contribution < 1.29 is 17.9 Å². The van der Waals surface area contributed by atoms with Gasteiger partial charge in [-0.15, -0.1) is 0 Å². The molecule has 1 unspecified atom stereocenters. The number of pyridine rings is 1. The fraction of sp³-hybridized carbons (Fsp3) is 0.158. The molecule has 0 aliphatic carbocycles. The van der Waals surface area contributed by atoms with Crippen molar-refractivity contribution in [3.8, 4) is 6.07 Å². The summed E-state index contributed by atoms with van der Waals surface area (Å²) in [5, 5.41) is 9.68. The molecule has 1 aromatic carbocycles. The van der Waals surface area contributed by atoms with Crippen LogP contribution in [0.15, 0.2) is 53.7 Å². The van der Waals surface area contributed by atoms with Crippen molar-refractivity contribution in [2.45, 2.75) is 24.5 Å². The molecule has 0 bridgehead atoms. The van der Waals surface area contributed by atoms with Crippen LogP contribution in [0.25, 0.3) is 5.52 Å². The summed E-state index contributed by atoms with van der Waals surface area (Å²) in [6.07, 6.45) is 3.46. The summed E-state index contributed by atoms with van der Waals surface area (Å²) in [6, 6.07) is 10.1. The highest BCUT2D eigenvalue weighted by atomic mass is 35.5. The van der Waals surface area contributed by atoms with Crippen molar-refractivity contribution in [2.75, 3.05) is 0 Å². The fourth-order valence-corrected chi connectivity index (χ4v) is 4.26. The van der Waals surface area contributed by atoms with E-state index in [0.717, 1.165) is 0 Å². The number of rotatable bonds is 6. The number of hydrogen-bond donors (Lipinski definition) is 1. The molecular weight excluding hydrogens is 437 g/mol. The first-order chi connectivity index (χ1) is 13.7. The lowest BCUT2D eigenvalue weighted by atomic mass is 10.2. The molecule has 2 aromatic heterocycles. The molecule has 10 heteroatoms. The highest BCUT2D eigenvalue weighted by molar-refractivity contribution is 7.89. The van der Waals surface area contributed by atoms with Crippen LogP contribution < -0.4 is 4.72 Å². The summed E-state index contributed by atoms with van der Waals surface area (Å²) >= 11 is 11.6. The van der Waals surface area contributed by atoms with Gasteiger partial charge in [-0.1, -0.05) is 29.3 Å². The van der Waals surface area contributed by atoms with E-state index in [9.17, 15) is 18.5 Å². The molecule has 0 radical (unpaired) electrons. The summed E-state index contributed by atoms with van der Waals surface area (Å²) in [4.78, 5) is 12.1. The average molecular weight is 452 g/mol. The summed E-state index contributed by atoms with van der Waals surface area (Å²) in [5.41, 5.74) is 1.60.